The molecule has 142 valence electrons. The summed E-state index contributed by atoms with van der Waals surface area (Å²) in [5, 5.41) is 4.89. The van der Waals surface area contributed by atoms with Crippen LogP contribution >= 0.6 is 11.6 Å². The van der Waals surface area contributed by atoms with Crippen LogP contribution in [0.4, 0.5) is 0 Å². The molecule has 0 spiro atoms. The van der Waals surface area contributed by atoms with Crippen molar-refractivity contribution in [1.29, 1.82) is 0 Å². The second-order valence-electron chi connectivity index (χ2n) is 7.69. The fraction of sp³-hybridized carbons (Fsp3) is 0.429. The quantitative estimate of drug-likeness (QED) is 0.705. The molecule has 0 unspecified atom stereocenters. The predicted octanol–water partition coefficient (Wildman–Crippen LogP) is 4.93. The number of ether oxygens (including phenoxy) is 1. The number of hydrogen-bond donors (Lipinski definition) is 0. The smallest absolute Gasteiger partial charge is 0.223 e. The molecule has 0 N–H and O–H groups in total. The van der Waals surface area contributed by atoms with E-state index in [0.717, 1.165) is 35.2 Å². The van der Waals surface area contributed by atoms with Gasteiger partial charge in [-0.1, -0.05) is 41.0 Å². The maximum absolute atomic E-state index is 6.37. The van der Waals surface area contributed by atoms with Crippen molar-refractivity contribution < 1.29 is 9.26 Å². The Morgan fingerprint density at radius 2 is 2.00 bits per heavy atom. The summed E-state index contributed by atoms with van der Waals surface area (Å²) in [6, 6.07) is 7.86. The van der Waals surface area contributed by atoms with Crippen molar-refractivity contribution >= 4 is 17.2 Å². The first-order chi connectivity index (χ1) is 12.9. The van der Waals surface area contributed by atoms with Crippen molar-refractivity contribution in [2.24, 2.45) is 5.92 Å². The summed E-state index contributed by atoms with van der Waals surface area (Å²) in [5.41, 5.74) is 1.65. The molecule has 1 aliphatic heterocycles. The lowest BCUT2D eigenvalue weighted by Gasteiger charge is -2.40. The van der Waals surface area contributed by atoms with E-state index in [1.165, 1.54) is 12.8 Å². The zero-order chi connectivity index (χ0) is 19.0. The fourth-order valence-corrected chi connectivity index (χ4v) is 3.34. The molecule has 4 rings (SSSR count). The maximum atomic E-state index is 6.37. The third kappa shape index (κ3) is 3.74. The average molecular weight is 386 g/mol. The maximum Gasteiger partial charge on any atom is 0.223 e. The molecule has 1 fully saturated rings. The van der Waals surface area contributed by atoms with Gasteiger partial charge in [0.1, 0.15) is 5.54 Å². The van der Waals surface area contributed by atoms with Crippen molar-refractivity contribution in [2.45, 2.75) is 39.2 Å². The zero-order valence-corrected chi connectivity index (χ0v) is 16.7. The Bertz CT molecular complexity index is 879. The Morgan fingerprint density at radius 1 is 1.26 bits per heavy atom. The molecular formula is C21H24ClN3O2. The molecule has 2 aliphatic rings. The van der Waals surface area contributed by atoms with Crippen LogP contribution in [0.5, 0.6) is 0 Å². The van der Waals surface area contributed by atoms with E-state index in [1.807, 2.05) is 31.2 Å². The lowest BCUT2D eigenvalue weighted by molar-refractivity contribution is 0.0471. The number of aryl methyl sites for hydroxylation is 1. The first kappa shape index (κ1) is 18.1. The average Bonchev–Trinajstić information content (AvgIpc) is 3.38. The van der Waals surface area contributed by atoms with Gasteiger partial charge in [-0.15, -0.1) is 0 Å². The van der Waals surface area contributed by atoms with Gasteiger partial charge in [0.2, 0.25) is 5.89 Å². The lowest BCUT2D eigenvalue weighted by atomic mass is 9.97. The third-order valence-electron chi connectivity index (χ3n) is 5.11. The Morgan fingerprint density at radius 3 is 2.63 bits per heavy atom. The topological polar surface area (TPSA) is 51.4 Å². The monoisotopic (exact) mass is 385 g/mol. The molecule has 2 heterocycles. The highest BCUT2D eigenvalue weighted by Gasteiger charge is 2.38. The largest absolute Gasteiger partial charge is 0.478 e. The van der Waals surface area contributed by atoms with Crippen LogP contribution in [0, 0.1) is 12.8 Å². The highest BCUT2D eigenvalue weighted by Crippen LogP contribution is 2.38. The molecule has 1 saturated carbocycles. The highest BCUT2D eigenvalue weighted by molar-refractivity contribution is 6.30. The van der Waals surface area contributed by atoms with Crippen molar-refractivity contribution in [3.63, 3.8) is 0 Å². The minimum absolute atomic E-state index is 0.473. The molecular weight excluding hydrogens is 362 g/mol. The van der Waals surface area contributed by atoms with E-state index < -0.39 is 5.54 Å². The van der Waals surface area contributed by atoms with Crippen molar-refractivity contribution in [2.75, 3.05) is 13.2 Å². The predicted molar refractivity (Wildman–Crippen MR) is 105 cm³/mol. The van der Waals surface area contributed by atoms with E-state index in [2.05, 4.69) is 41.0 Å². The van der Waals surface area contributed by atoms with Gasteiger partial charge in [-0.3, -0.25) is 0 Å². The Kier molecular flexibility index (Phi) is 4.72. The summed E-state index contributed by atoms with van der Waals surface area (Å²) in [6.45, 7) is 7.45. The minimum atomic E-state index is -0.473. The number of benzene rings is 1. The molecule has 1 aromatic heterocycles. The van der Waals surface area contributed by atoms with Crippen LogP contribution in [0.1, 0.15) is 44.0 Å². The second-order valence-corrected chi connectivity index (χ2v) is 8.13. The summed E-state index contributed by atoms with van der Waals surface area (Å²) >= 11 is 6.08. The molecule has 2 aromatic rings. The van der Waals surface area contributed by atoms with Gasteiger partial charge >= 0.3 is 0 Å². The molecule has 27 heavy (non-hydrogen) atoms. The van der Waals surface area contributed by atoms with E-state index in [4.69, 9.17) is 20.9 Å². The summed E-state index contributed by atoms with van der Waals surface area (Å²) in [5.74, 6) is 2.73. The molecule has 0 bridgehead atoms. The molecule has 5 nitrogen and oxygen atoms in total. The van der Waals surface area contributed by atoms with E-state index >= 15 is 0 Å². The number of halogens is 1. The molecule has 0 amide bonds. The van der Waals surface area contributed by atoms with Crippen LogP contribution < -0.4 is 0 Å². The van der Waals surface area contributed by atoms with Crippen LogP contribution in [-0.2, 0) is 10.3 Å². The normalized spacial score (nSPS) is 17.6. The van der Waals surface area contributed by atoms with Crippen molar-refractivity contribution in [1.82, 2.24) is 15.0 Å². The van der Waals surface area contributed by atoms with Gasteiger partial charge in [0.25, 0.3) is 0 Å². The summed E-state index contributed by atoms with van der Waals surface area (Å²) in [7, 11) is 0. The molecule has 0 atom stereocenters. The van der Waals surface area contributed by atoms with Crippen LogP contribution in [-0.4, -0.2) is 28.2 Å². The van der Waals surface area contributed by atoms with Crippen LogP contribution in [0.15, 0.2) is 46.8 Å². The molecule has 0 radical (unpaired) electrons. The number of aromatic nitrogens is 2. The van der Waals surface area contributed by atoms with Crippen molar-refractivity contribution in [3.8, 4) is 0 Å². The summed E-state index contributed by atoms with van der Waals surface area (Å²) in [4.78, 5) is 6.68. The first-order valence-electron chi connectivity index (χ1n) is 9.33. The standard InChI is InChI=1S/C21H24ClN3O2/c1-14-23-20(24-27-14)21(2,3)25-12-4-5-18(16-8-10-17(22)11-9-16)19(25)26-13-15-6-7-15/h4-5,8-11,15H,6-7,12-13H2,1-3H3. The molecule has 0 saturated heterocycles. The number of hydrogen-bond acceptors (Lipinski definition) is 5. The van der Waals surface area contributed by atoms with Gasteiger partial charge < -0.3 is 14.2 Å². The van der Waals surface area contributed by atoms with Gasteiger partial charge in [0, 0.05) is 24.1 Å². The second kappa shape index (κ2) is 7.04. The van der Waals surface area contributed by atoms with Crippen LogP contribution in [0.3, 0.4) is 0 Å². The number of rotatable bonds is 6. The molecule has 6 heteroatoms. The molecule has 1 aromatic carbocycles. The lowest BCUT2D eigenvalue weighted by Crippen LogP contribution is -2.44. The van der Waals surface area contributed by atoms with E-state index in [0.29, 0.717) is 17.6 Å². The summed E-state index contributed by atoms with van der Waals surface area (Å²) in [6.07, 6.45) is 6.75. The van der Waals surface area contributed by atoms with Gasteiger partial charge in [0.15, 0.2) is 11.7 Å². The minimum Gasteiger partial charge on any atom is -0.478 e. The first-order valence-corrected chi connectivity index (χ1v) is 9.71. The van der Waals surface area contributed by atoms with Crippen LogP contribution in [0.25, 0.3) is 5.57 Å². The van der Waals surface area contributed by atoms with Gasteiger partial charge in [-0.05, 0) is 50.3 Å². The van der Waals surface area contributed by atoms with Crippen molar-refractivity contribution in [3.05, 3.63) is 64.6 Å². The van der Waals surface area contributed by atoms with Gasteiger partial charge in [0.05, 0.1) is 6.61 Å². The number of allylic oxidation sites excluding steroid dienone is 2. The zero-order valence-electron chi connectivity index (χ0n) is 15.9. The Hall–Kier alpha value is -2.27. The van der Waals surface area contributed by atoms with Crippen LogP contribution in [0.2, 0.25) is 5.02 Å². The third-order valence-corrected chi connectivity index (χ3v) is 5.36. The van der Waals surface area contributed by atoms with E-state index in [9.17, 15) is 0 Å². The van der Waals surface area contributed by atoms with E-state index in [1.54, 1.807) is 0 Å². The fourth-order valence-electron chi connectivity index (χ4n) is 3.21. The van der Waals surface area contributed by atoms with E-state index in [-0.39, 0.29) is 0 Å². The van der Waals surface area contributed by atoms with Gasteiger partial charge in [-0.25, -0.2) is 0 Å². The molecule has 1 aliphatic carbocycles. The Labute approximate surface area is 164 Å². The summed E-state index contributed by atoms with van der Waals surface area (Å²) < 4.78 is 11.6. The highest BCUT2D eigenvalue weighted by atomic mass is 35.5. The SMILES string of the molecule is Cc1nc(C(C)(C)N2CC=CC(c3ccc(Cl)cc3)=C2OCC2CC2)no1. The van der Waals surface area contributed by atoms with Gasteiger partial charge in [-0.2, -0.15) is 4.98 Å². The Balaban J connectivity index is 1.74. The number of nitrogens with zero attached hydrogens (tertiary/aromatic N) is 3.